The van der Waals surface area contributed by atoms with Gasteiger partial charge in [-0.05, 0) is 43.0 Å². The van der Waals surface area contributed by atoms with Crippen LogP contribution in [0.1, 0.15) is 24.0 Å². The molecule has 1 aliphatic carbocycles. The molecule has 0 aliphatic heterocycles. The first-order valence-corrected chi connectivity index (χ1v) is 4.97. The summed E-state index contributed by atoms with van der Waals surface area (Å²) in [5.41, 5.74) is 8.71. The normalized spacial score (nSPS) is 19.2. The second-order valence-electron chi connectivity index (χ2n) is 3.62. The highest BCUT2D eigenvalue weighted by atomic mass is 79.9. The van der Waals surface area contributed by atoms with E-state index in [0.29, 0.717) is 0 Å². The molecular formula is C10H12BrN. The minimum atomic E-state index is 0.00475. The fourth-order valence-electron chi connectivity index (χ4n) is 1.59. The highest BCUT2D eigenvalue weighted by Crippen LogP contribution is 2.44. The standard InChI is InChI=1S/C10H12BrN/c1-7-6-8(11)2-3-9(7)10(12)4-5-10/h2-3,6H,4-5,12H2,1H3. The van der Waals surface area contributed by atoms with Gasteiger partial charge in [0.15, 0.2) is 0 Å². The first-order valence-electron chi connectivity index (χ1n) is 4.17. The topological polar surface area (TPSA) is 26.0 Å². The van der Waals surface area contributed by atoms with E-state index in [1.807, 2.05) is 0 Å². The predicted molar refractivity (Wildman–Crippen MR) is 54.0 cm³/mol. The van der Waals surface area contributed by atoms with E-state index in [9.17, 15) is 0 Å². The lowest BCUT2D eigenvalue weighted by Gasteiger charge is -2.12. The molecule has 1 saturated carbocycles. The van der Waals surface area contributed by atoms with Crippen LogP contribution < -0.4 is 5.73 Å². The van der Waals surface area contributed by atoms with Gasteiger partial charge in [-0.2, -0.15) is 0 Å². The predicted octanol–water partition coefficient (Wildman–Crippen LogP) is 2.71. The third-order valence-corrected chi connectivity index (χ3v) is 3.01. The van der Waals surface area contributed by atoms with E-state index in [-0.39, 0.29) is 5.54 Å². The molecule has 0 heterocycles. The van der Waals surface area contributed by atoms with Crippen molar-refractivity contribution in [3.05, 3.63) is 33.8 Å². The zero-order valence-corrected chi connectivity index (χ0v) is 8.69. The largest absolute Gasteiger partial charge is 0.321 e. The van der Waals surface area contributed by atoms with E-state index in [2.05, 4.69) is 41.1 Å². The molecule has 1 aromatic carbocycles. The van der Waals surface area contributed by atoms with Gasteiger partial charge in [-0.25, -0.2) is 0 Å². The Kier molecular flexibility index (Phi) is 1.77. The summed E-state index contributed by atoms with van der Waals surface area (Å²) in [6.07, 6.45) is 2.27. The van der Waals surface area contributed by atoms with Gasteiger partial charge in [0.05, 0.1) is 0 Å². The van der Waals surface area contributed by atoms with Gasteiger partial charge in [-0.15, -0.1) is 0 Å². The summed E-state index contributed by atoms with van der Waals surface area (Å²) in [5, 5.41) is 0. The van der Waals surface area contributed by atoms with E-state index >= 15 is 0 Å². The van der Waals surface area contributed by atoms with Crippen LogP contribution in [-0.2, 0) is 5.54 Å². The molecular weight excluding hydrogens is 214 g/mol. The molecule has 1 fully saturated rings. The first kappa shape index (κ1) is 8.27. The van der Waals surface area contributed by atoms with Gasteiger partial charge in [0.1, 0.15) is 0 Å². The minimum Gasteiger partial charge on any atom is -0.321 e. The van der Waals surface area contributed by atoms with Crippen LogP contribution in [-0.4, -0.2) is 0 Å². The average molecular weight is 226 g/mol. The van der Waals surface area contributed by atoms with Crippen LogP contribution in [0.3, 0.4) is 0 Å². The lowest BCUT2D eigenvalue weighted by Crippen LogP contribution is -2.19. The van der Waals surface area contributed by atoms with Gasteiger partial charge in [-0.3, -0.25) is 0 Å². The van der Waals surface area contributed by atoms with Gasteiger partial charge in [-0.1, -0.05) is 22.0 Å². The van der Waals surface area contributed by atoms with Gasteiger partial charge in [0.25, 0.3) is 0 Å². The van der Waals surface area contributed by atoms with Gasteiger partial charge >= 0.3 is 0 Å². The number of hydrogen-bond donors (Lipinski definition) is 1. The summed E-state index contributed by atoms with van der Waals surface area (Å²) in [7, 11) is 0. The first-order chi connectivity index (χ1) is 5.62. The fraction of sp³-hybridized carbons (Fsp3) is 0.400. The van der Waals surface area contributed by atoms with Gasteiger partial charge in [0, 0.05) is 10.0 Å². The molecule has 2 N–H and O–H groups in total. The zero-order valence-electron chi connectivity index (χ0n) is 7.10. The Morgan fingerprint density at radius 3 is 2.58 bits per heavy atom. The highest BCUT2D eigenvalue weighted by Gasteiger charge is 2.40. The van der Waals surface area contributed by atoms with E-state index in [1.165, 1.54) is 11.1 Å². The molecule has 1 aromatic rings. The Hall–Kier alpha value is -0.340. The average Bonchev–Trinajstić information content (AvgIpc) is 2.68. The van der Waals surface area contributed by atoms with E-state index in [4.69, 9.17) is 5.73 Å². The second-order valence-corrected chi connectivity index (χ2v) is 4.53. The van der Waals surface area contributed by atoms with Crippen LogP contribution in [0.25, 0.3) is 0 Å². The smallest absolute Gasteiger partial charge is 0.0413 e. The number of nitrogens with two attached hydrogens (primary N) is 1. The number of rotatable bonds is 1. The summed E-state index contributed by atoms with van der Waals surface area (Å²) in [4.78, 5) is 0. The van der Waals surface area contributed by atoms with Gasteiger partial charge < -0.3 is 5.73 Å². The summed E-state index contributed by atoms with van der Waals surface area (Å²) < 4.78 is 1.13. The summed E-state index contributed by atoms with van der Waals surface area (Å²) >= 11 is 3.44. The molecule has 0 aromatic heterocycles. The van der Waals surface area contributed by atoms with Crippen LogP contribution in [0.2, 0.25) is 0 Å². The van der Waals surface area contributed by atoms with Crippen molar-refractivity contribution in [1.82, 2.24) is 0 Å². The number of hydrogen-bond acceptors (Lipinski definition) is 1. The molecule has 0 radical (unpaired) electrons. The number of benzene rings is 1. The molecule has 0 spiro atoms. The molecule has 0 unspecified atom stereocenters. The molecule has 0 amide bonds. The number of halogens is 1. The Morgan fingerprint density at radius 2 is 2.08 bits per heavy atom. The third kappa shape index (κ3) is 1.29. The van der Waals surface area contributed by atoms with E-state index < -0.39 is 0 Å². The second kappa shape index (κ2) is 2.57. The maximum atomic E-state index is 6.10. The fourth-order valence-corrected chi connectivity index (χ4v) is 2.07. The van der Waals surface area contributed by atoms with Crippen molar-refractivity contribution in [2.75, 3.05) is 0 Å². The minimum absolute atomic E-state index is 0.00475. The van der Waals surface area contributed by atoms with Crippen molar-refractivity contribution in [2.45, 2.75) is 25.3 Å². The van der Waals surface area contributed by atoms with Crippen molar-refractivity contribution in [3.8, 4) is 0 Å². The van der Waals surface area contributed by atoms with Crippen LogP contribution >= 0.6 is 15.9 Å². The molecule has 0 saturated heterocycles. The van der Waals surface area contributed by atoms with Crippen LogP contribution in [0.4, 0.5) is 0 Å². The summed E-state index contributed by atoms with van der Waals surface area (Å²) in [6.45, 7) is 2.12. The maximum Gasteiger partial charge on any atom is 0.0413 e. The lowest BCUT2D eigenvalue weighted by atomic mass is 10.0. The highest BCUT2D eigenvalue weighted by molar-refractivity contribution is 9.10. The molecule has 12 heavy (non-hydrogen) atoms. The number of aryl methyl sites for hydroxylation is 1. The Balaban J connectivity index is 2.45. The molecule has 2 heteroatoms. The maximum absolute atomic E-state index is 6.10. The third-order valence-electron chi connectivity index (χ3n) is 2.51. The molecule has 1 aliphatic rings. The van der Waals surface area contributed by atoms with E-state index in [0.717, 1.165) is 17.3 Å². The Morgan fingerprint density at radius 1 is 1.42 bits per heavy atom. The van der Waals surface area contributed by atoms with Crippen LogP contribution in [0, 0.1) is 6.92 Å². The van der Waals surface area contributed by atoms with Crippen molar-refractivity contribution < 1.29 is 0 Å². The van der Waals surface area contributed by atoms with Crippen LogP contribution in [0.15, 0.2) is 22.7 Å². The summed E-state index contributed by atoms with van der Waals surface area (Å²) in [5.74, 6) is 0. The molecule has 2 rings (SSSR count). The van der Waals surface area contributed by atoms with Crippen molar-refractivity contribution in [3.63, 3.8) is 0 Å². The SMILES string of the molecule is Cc1cc(Br)ccc1C1(N)CC1. The van der Waals surface area contributed by atoms with E-state index in [1.54, 1.807) is 0 Å². The van der Waals surface area contributed by atoms with Gasteiger partial charge in [0.2, 0.25) is 0 Å². The molecule has 1 nitrogen and oxygen atoms in total. The zero-order chi connectivity index (χ0) is 8.77. The molecule has 64 valence electrons. The Labute approximate surface area is 81.1 Å². The lowest BCUT2D eigenvalue weighted by molar-refractivity contribution is 0.733. The quantitative estimate of drug-likeness (QED) is 0.782. The summed E-state index contributed by atoms with van der Waals surface area (Å²) in [6, 6.07) is 6.32. The monoisotopic (exact) mass is 225 g/mol. The Bertz CT molecular complexity index is 316. The van der Waals surface area contributed by atoms with Crippen molar-refractivity contribution >= 4 is 15.9 Å². The molecule has 0 atom stereocenters. The van der Waals surface area contributed by atoms with Crippen LogP contribution in [0.5, 0.6) is 0 Å². The molecule has 0 bridgehead atoms. The van der Waals surface area contributed by atoms with Crippen molar-refractivity contribution in [1.29, 1.82) is 0 Å². The van der Waals surface area contributed by atoms with Crippen molar-refractivity contribution in [2.24, 2.45) is 5.73 Å².